The number of carbonyl (C=O) groups is 1. The summed E-state index contributed by atoms with van der Waals surface area (Å²) in [5, 5.41) is 2.99. The topological polar surface area (TPSA) is 39.2 Å². The van der Waals surface area contributed by atoms with Crippen molar-refractivity contribution in [3.63, 3.8) is 0 Å². The van der Waals surface area contributed by atoms with Crippen LogP contribution in [0.4, 0.5) is 0 Å². The van der Waals surface area contributed by atoms with Gasteiger partial charge in [0.25, 0.3) is 0 Å². The van der Waals surface area contributed by atoms with Crippen LogP contribution in [-0.4, -0.2) is 17.6 Å². The second kappa shape index (κ2) is 4.82. The molecule has 0 aromatic carbocycles. The Labute approximate surface area is 113 Å². The minimum absolute atomic E-state index is 0.186. The summed E-state index contributed by atoms with van der Waals surface area (Å²) >= 11 is 3.44. The Hall–Kier alpha value is -1.20. The molecule has 0 unspecified atom stereocenters. The Kier molecular flexibility index (Phi) is 3.18. The van der Waals surface area contributed by atoms with Gasteiger partial charge in [-0.15, -0.1) is 22.7 Å². The minimum atomic E-state index is -0.186. The van der Waals surface area contributed by atoms with Crippen molar-refractivity contribution < 1.29 is 9.53 Å². The first kappa shape index (κ1) is 11.9. The summed E-state index contributed by atoms with van der Waals surface area (Å²) in [6, 6.07) is 2.13. The van der Waals surface area contributed by atoms with Crippen LogP contribution in [-0.2, 0) is 28.8 Å². The lowest BCUT2D eigenvalue weighted by atomic mass is 10.0. The van der Waals surface area contributed by atoms with E-state index < -0.39 is 0 Å². The van der Waals surface area contributed by atoms with Crippen LogP contribution in [0.2, 0.25) is 0 Å². The summed E-state index contributed by atoms with van der Waals surface area (Å²) in [7, 11) is 0. The van der Waals surface area contributed by atoms with Crippen LogP contribution < -0.4 is 0 Å². The summed E-state index contributed by atoms with van der Waals surface area (Å²) < 4.78 is 4.96. The van der Waals surface area contributed by atoms with E-state index in [0.29, 0.717) is 13.0 Å². The largest absolute Gasteiger partial charge is 0.466 e. The van der Waals surface area contributed by atoms with Crippen molar-refractivity contribution in [2.75, 3.05) is 6.61 Å². The fourth-order valence-electron chi connectivity index (χ4n) is 2.16. The number of esters is 1. The second-order valence-corrected chi connectivity index (χ2v) is 6.29. The Morgan fingerprint density at radius 1 is 1.44 bits per heavy atom. The molecule has 0 spiro atoms. The highest BCUT2D eigenvalue weighted by atomic mass is 32.1. The van der Waals surface area contributed by atoms with Gasteiger partial charge < -0.3 is 4.74 Å². The maximum atomic E-state index is 11.5. The molecular formula is C13H13NO2S2. The Bertz CT molecular complexity index is 586. The monoisotopic (exact) mass is 279 g/mol. The molecule has 0 saturated carbocycles. The molecule has 0 saturated heterocycles. The summed E-state index contributed by atoms with van der Waals surface area (Å²) in [4.78, 5) is 18.8. The molecule has 2 heterocycles. The third kappa shape index (κ3) is 2.08. The van der Waals surface area contributed by atoms with Gasteiger partial charge in [-0.05, 0) is 31.2 Å². The van der Waals surface area contributed by atoms with Crippen molar-refractivity contribution in [3.8, 4) is 11.3 Å². The Morgan fingerprint density at radius 2 is 2.28 bits per heavy atom. The van der Waals surface area contributed by atoms with Gasteiger partial charge in [0.05, 0.1) is 18.7 Å². The first-order valence-corrected chi connectivity index (χ1v) is 7.68. The quantitative estimate of drug-likeness (QED) is 0.811. The molecule has 1 aliphatic rings. The van der Waals surface area contributed by atoms with E-state index >= 15 is 0 Å². The molecule has 0 amide bonds. The van der Waals surface area contributed by atoms with Crippen LogP contribution in [0.5, 0.6) is 0 Å². The SMILES string of the molecule is CCOC(=O)Cc1nc2c(s1)CCc1sccc1-2. The molecule has 5 heteroatoms. The molecule has 94 valence electrons. The summed E-state index contributed by atoms with van der Waals surface area (Å²) in [5.74, 6) is -0.186. The first-order chi connectivity index (χ1) is 8.78. The van der Waals surface area contributed by atoms with Crippen molar-refractivity contribution in [3.05, 3.63) is 26.2 Å². The maximum Gasteiger partial charge on any atom is 0.312 e. The lowest BCUT2D eigenvalue weighted by Crippen LogP contribution is -2.07. The number of ether oxygens (including phenoxy) is 1. The molecule has 3 nitrogen and oxygen atoms in total. The first-order valence-electron chi connectivity index (χ1n) is 5.99. The van der Waals surface area contributed by atoms with Crippen LogP contribution in [0.3, 0.4) is 0 Å². The highest BCUT2D eigenvalue weighted by Gasteiger charge is 2.22. The molecule has 0 atom stereocenters. The molecule has 3 rings (SSSR count). The van der Waals surface area contributed by atoms with E-state index in [4.69, 9.17) is 4.74 Å². The van der Waals surface area contributed by atoms with E-state index in [1.54, 1.807) is 22.7 Å². The number of carbonyl (C=O) groups excluding carboxylic acids is 1. The Morgan fingerprint density at radius 3 is 3.11 bits per heavy atom. The average molecular weight is 279 g/mol. The summed E-state index contributed by atoms with van der Waals surface area (Å²) in [5.41, 5.74) is 2.34. The molecule has 0 radical (unpaired) electrons. The lowest BCUT2D eigenvalue weighted by molar-refractivity contribution is -0.142. The second-order valence-electron chi connectivity index (χ2n) is 4.12. The zero-order valence-corrected chi connectivity index (χ0v) is 11.7. The van der Waals surface area contributed by atoms with Crippen molar-refractivity contribution >= 4 is 28.6 Å². The molecule has 18 heavy (non-hydrogen) atoms. The number of hydrogen-bond donors (Lipinski definition) is 0. The van der Waals surface area contributed by atoms with E-state index in [0.717, 1.165) is 23.5 Å². The van der Waals surface area contributed by atoms with Gasteiger partial charge in [0, 0.05) is 15.3 Å². The van der Waals surface area contributed by atoms with Gasteiger partial charge in [-0.3, -0.25) is 4.79 Å². The van der Waals surface area contributed by atoms with E-state index in [1.165, 1.54) is 15.3 Å². The van der Waals surface area contributed by atoms with Crippen LogP contribution in [0, 0.1) is 0 Å². The highest BCUT2D eigenvalue weighted by molar-refractivity contribution is 7.12. The average Bonchev–Trinajstić information content (AvgIpc) is 2.92. The number of rotatable bonds is 3. The normalized spacial score (nSPS) is 12.9. The number of fused-ring (bicyclic) bond motifs is 3. The van der Waals surface area contributed by atoms with Crippen molar-refractivity contribution in [2.24, 2.45) is 0 Å². The number of thiazole rings is 1. The summed E-state index contributed by atoms with van der Waals surface area (Å²) in [6.45, 7) is 2.25. The molecule has 2 aromatic rings. The molecule has 1 aliphatic carbocycles. The molecule has 0 fully saturated rings. The predicted octanol–water partition coefficient (Wildman–Crippen LogP) is 3.08. The van der Waals surface area contributed by atoms with Crippen molar-refractivity contribution in [1.29, 1.82) is 0 Å². The van der Waals surface area contributed by atoms with Gasteiger partial charge in [0.2, 0.25) is 0 Å². The van der Waals surface area contributed by atoms with Crippen molar-refractivity contribution in [1.82, 2.24) is 4.98 Å². The standard InChI is InChI=1S/C13H13NO2S2/c1-2-16-12(15)7-11-14-13-8-5-6-17-9(8)3-4-10(13)18-11/h5-6H,2-4,7H2,1H3. The highest BCUT2D eigenvalue weighted by Crippen LogP contribution is 2.38. The minimum Gasteiger partial charge on any atom is -0.466 e. The van der Waals surface area contributed by atoms with Crippen LogP contribution in [0.25, 0.3) is 11.3 Å². The summed E-state index contributed by atoms with van der Waals surface area (Å²) in [6.07, 6.45) is 2.44. The molecule has 0 N–H and O–H groups in total. The zero-order chi connectivity index (χ0) is 12.5. The van der Waals surface area contributed by atoms with Gasteiger partial charge in [-0.2, -0.15) is 0 Å². The van der Waals surface area contributed by atoms with E-state index in [9.17, 15) is 4.79 Å². The Balaban J connectivity index is 1.87. The molecule has 0 bridgehead atoms. The van der Waals surface area contributed by atoms with Crippen molar-refractivity contribution in [2.45, 2.75) is 26.2 Å². The molecule has 2 aromatic heterocycles. The fraction of sp³-hybridized carbons (Fsp3) is 0.385. The number of nitrogens with zero attached hydrogens (tertiary/aromatic N) is 1. The van der Waals surface area contributed by atoms with Gasteiger partial charge in [-0.1, -0.05) is 0 Å². The van der Waals surface area contributed by atoms with E-state index in [1.807, 2.05) is 6.92 Å². The van der Waals surface area contributed by atoms with Crippen LogP contribution >= 0.6 is 22.7 Å². The zero-order valence-electron chi connectivity index (χ0n) is 10.1. The molecular weight excluding hydrogens is 266 g/mol. The van der Waals surface area contributed by atoms with Crippen LogP contribution in [0.1, 0.15) is 21.7 Å². The number of thiophene rings is 1. The number of hydrogen-bond acceptors (Lipinski definition) is 5. The fourth-order valence-corrected chi connectivity index (χ4v) is 4.11. The third-order valence-electron chi connectivity index (χ3n) is 2.92. The molecule has 0 aliphatic heterocycles. The number of aromatic nitrogens is 1. The third-order valence-corrected chi connectivity index (χ3v) is 5.02. The van der Waals surface area contributed by atoms with Gasteiger partial charge in [0.15, 0.2) is 0 Å². The smallest absolute Gasteiger partial charge is 0.312 e. The van der Waals surface area contributed by atoms with E-state index in [2.05, 4.69) is 16.4 Å². The lowest BCUT2D eigenvalue weighted by Gasteiger charge is -2.09. The predicted molar refractivity (Wildman–Crippen MR) is 73.2 cm³/mol. The maximum absolute atomic E-state index is 11.5. The van der Waals surface area contributed by atoms with E-state index in [-0.39, 0.29) is 5.97 Å². The number of aryl methyl sites for hydroxylation is 2. The van der Waals surface area contributed by atoms with Gasteiger partial charge >= 0.3 is 5.97 Å². The van der Waals surface area contributed by atoms with Crippen LogP contribution in [0.15, 0.2) is 11.4 Å². The van der Waals surface area contributed by atoms with Gasteiger partial charge in [0.1, 0.15) is 5.01 Å². The van der Waals surface area contributed by atoms with Gasteiger partial charge in [-0.25, -0.2) is 4.98 Å².